The Morgan fingerprint density at radius 3 is 3.00 bits per heavy atom. The van der Waals surface area contributed by atoms with Gasteiger partial charge in [0.1, 0.15) is 0 Å². The van der Waals surface area contributed by atoms with Crippen molar-refractivity contribution < 1.29 is 9.90 Å². The number of nitrogens with one attached hydrogen (secondary N) is 1. The molecule has 0 saturated carbocycles. The minimum Gasteiger partial charge on any atom is -0.396 e. The average Bonchev–Trinajstić information content (AvgIpc) is 2.85. The second-order valence-corrected chi connectivity index (χ2v) is 6.76. The van der Waals surface area contributed by atoms with E-state index in [4.69, 9.17) is 5.11 Å². The van der Waals surface area contributed by atoms with Crippen molar-refractivity contribution in [2.24, 2.45) is 5.92 Å². The van der Waals surface area contributed by atoms with E-state index in [2.05, 4.69) is 12.2 Å². The first-order valence-corrected chi connectivity index (χ1v) is 8.58. The summed E-state index contributed by atoms with van der Waals surface area (Å²) in [5, 5.41) is 13.8. The minimum absolute atomic E-state index is 0.0965. The first-order valence-electron chi connectivity index (χ1n) is 7.70. The van der Waals surface area contributed by atoms with Gasteiger partial charge in [-0.15, -0.1) is 11.3 Å². The molecule has 1 atom stereocenters. The number of carbonyl (C=O) groups is 1. The van der Waals surface area contributed by atoms with E-state index >= 15 is 0 Å². The summed E-state index contributed by atoms with van der Waals surface area (Å²) >= 11 is 1.75. The third-order valence-electron chi connectivity index (χ3n) is 4.02. The fourth-order valence-corrected chi connectivity index (χ4v) is 4.00. The van der Waals surface area contributed by atoms with Gasteiger partial charge in [0, 0.05) is 23.4 Å². The van der Waals surface area contributed by atoms with E-state index in [1.807, 2.05) is 5.38 Å². The molecule has 0 aliphatic heterocycles. The molecule has 0 bridgehead atoms. The molecule has 20 heavy (non-hydrogen) atoms. The number of fused-ring (bicyclic) bond motifs is 1. The standard InChI is InChI=1S/C16H25NO2S/c1-12-6-7-13-14(11-20-15(13)10-12)16(19)17-8-4-2-3-5-9-18/h11-12,18H,2-10H2,1H3,(H,17,19). The Bertz CT molecular complexity index is 442. The van der Waals surface area contributed by atoms with Gasteiger partial charge in [-0.1, -0.05) is 19.8 Å². The molecule has 0 saturated heterocycles. The molecule has 0 fully saturated rings. The van der Waals surface area contributed by atoms with Crippen LogP contribution >= 0.6 is 11.3 Å². The van der Waals surface area contributed by atoms with Gasteiger partial charge in [0.15, 0.2) is 0 Å². The number of thiophene rings is 1. The molecule has 3 nitrogen and oxygen atoms in total. The highest BCUT2D eigenvalue weighted by Gasteiger charge is 2.22. The number of amides is 1. The summed E-state index contributed by atoms with van der Waals surface area (Å²) in [6.45, 7) is 3.30. The van der Waals surface area contributed by atoms with Crippen molar-refractivity contribution in [3.8, 4) is 0 Å². The number of carbonyl (C=O) groups excluding carboxylic acids is 1. The maximum absolute atomic E-state index is 12.2. The first kappa shape index (κ1) is 15.5. The normalized spacial score (nSPS) is 17.8. The predicted octanol–water partition coefficient (Wildman–Crippen LogP) is 3.16. The largest absolute Gasteiger partial charge is 0.396 e. The van der Waals surface area contributed by atoms with E-state index in [1.54, 1.807) is 11.3 Å². The summed E-state index contributed by atoms with van der Waals surface area (Å²) in [5.74, 6) is 0.850. The van der Waals surface area contributed by atoms with Crippen LogP contribution in [0.1, 0.15) is 59.8 Å². The Labute approximate surface area is 125 Å². The highest BCUT2D eigenvalue weighted by atomic mass is 32.1. The van der Waals surface area contributed by atoms with Crippen molar-refractivity contribution in [1.82, 2.24) is 5.32 Å². The number of unbranched alkanes of at least 4 members (excludes halogenated alkanes) is 3. The van der Waals surface area contributed by atoms with Gasteiger partial charge in [-0.2, -0.15) is 0 Å². The van der Waals surface area contributed by atoms with Crippen molar-refractivity contribution in [1.29, 1.82) is 0 Å². The van der Waals surface area contributed by atoms with E-state index < -0.39 is 0 Å². The lowest BCUT2D eigenvalue weighted by atomic mass is 9.88. The molecule has 1 amide bonds. The molecule has 2 rings (SSSR count). The maximum Gasteiger partial charge on any atom is 0.252 e. The molecule has 1 aromatic rings. The first-order chi connectivity index (χ1) is 9.72. The fraction of sp³-hybridized carbons (Fsp3) is 0.688. The van der Waals surface area contributed by atoms with E-state index in [0.29, 0.717) is 0 Å². The molecule has 0 radical (unpaired) electrons. The molecule has 4 heteroatoms. The van der Waals surface area contributed by atoms with Gasteiger partial charge in [0.05, 0.1) is 5.56 Å². The van der Waals surface area contributed by atoms with Crippen molar-refractivity contribution in [3.05, 3.63) is 21.4 Å². The zero-order valence-electron chi connectivity index (χ0n) is 12.3. The summed E-state index contributed by atoms with van der Waals surface area (Å²) in [7, 11) is 0. The Kier molecular flexibility index (Phi) is 6.05. The molecule has 2 N–H and O–H groups in total. The molecule has 1 aliphatic carbocycles. The van der Waals surface area contributed by atoms with Gasteiger partial charge < -0.3 is 10.4 Å². The van der Waals surface area contributed by atoms with Crippen molar-refractivity contribution in [2.45, 2.75) is 51.9 Å². The van der Waals surface area contributed by atoms with Crippen LogP contribution in [0.4, 0.5) is 0 Å². The van der Waals surface area contributed by atoms with E-state index in [1.165, 1.54) is 16.9 Å². The van der Waals surface area contributed by atoms with Gasteiger partial charge in [-0.3, -0.25) is 4.79 Å². The lowest BCUT2D eigenvalue weighted by Crippen LogP contribution is -2.25. The van der Waals surface area contributed by atoms with Gasteiger partial charge in [-0.25, -0.2) is 0 Å². The van der Waals surface area contributed by atoms with Crippen LogP contribution in [-0.2, 0) is 12.8 Å². The number of hydrogen-bond donors (Lipinski definition) is 2. The molecule has 0 spiro atoms. The SMILES string of the molecule is CC1CCc2c(C(=O)NCCCCCCO)csc2C1. The monoisotopic (exact) mass is 295 g/mol. The zero-order chi connectivity index (χ0) is 14.4. The van der Waals surface area contributed by atoms with Crippen LogP contribution in [-0.4, -0.2) is 24.2 Å². The lowest BCUT2D eigenvalue weighted by molar-refractivity contribution is 0.0952. The second kappa shape index (κ2) is 7.79. The summed E-state index contributed by atoms with van der Waals surface area (Å²) in [4.78, 5) is 13.6. The smallest absolute Gasteiger partial charge is 0.252 e. The van der Waals surface area contributed by atoms with Crippen LogP contribution in [0.15, 0.2) is 5.38 Å². The molecule has 1 heterocycles. The van der Waals surface area contributed by atoms with Gasteiger partial charge >= 0.3 is 0 Å². The van der Waals surface area contributed by atoms with Crippen molar-refractivity contribution >= 4 is 17.2 Å². The third-order valence-corrected chi connectivity index (χ3v) is 5.07. The van der Waals surface area contributed by atoms with Gasteiger partial charge in [0.2, 0.25) is 0 Å². The van der Waals surface area contributed by atoms with Crippen LogP contribution in [0.25, 0.3) is 0 Å². The third kappa shape index (κ3) is 4.06. The van der Waals surface area contributed by atoms with Gasteiger partial charge in [0.25, 0.3) is 5.91 Å². The summed E-state index contributed by atoms with van der Waals surface area (Å²) in [6, 6.07) is 0. The van der Waals surface area contributed by atoms with E-state index in [0.717, 1.165) is 56.6 Å². The maximum atomic E-state index is 12.2. The zero-order valence-corrected chi connectivity index (χ0v) is 13.1. The van der Waals surface area contributed by atoms with Crippen molar-refractivity contribution in [2.75, 3.05) is 13.2 Å². The van der Waals surface area contributed by atoms with Crippen LogP contribution in [0.5, 0.6) is 0 Å². The van der Waals surface area contributed by atoms with E-state index in [9.17, 15) is 4.79 Å². The number of rotatable bonds is 7. The molecule has 1 unspecified atom stereocenters. The molecule has 0 aromatic carbocycles. The topological polar surface area (TPSA) is 49.3 Å². The molecule has 1 aliphatic rings. The molecule has 112 valence electrons. The Morgan fingerprint density at radius 1 is 1.40 bits per heavy atom. The molecular formula is C16H25NO2S. The Morgan fingerprint density at radius 2 is 2.20 bits per heavy atom. The highest BCUT2D eigenvalue weighted by molar-refractivity contribution is 7.10. The van der Waals surface area contributed by atoms with Crippen LogP contribution in [0, 0.1) is 5.92 Å². The Hall–Kier alpha value is -0.870. The summed E-state index contributed by atoms with van der Waals surface area (Å²) in [5.41, 5.74) is 2.21. The fourth-order valence-electron chi connectivity index (χ4n) is 2.76. The quantitative estimate of drug-likeness (QED) is 0.759. The predicted molar refractivity (Wildman–Crippen MR) is 83.4 cm³/mol. The highest BCUT2D eigenvalue weighted by Crippen LogP contribution is 2.32. The molecular weight excluding hydrogens is 270 g/mol. The lowest BCUT2D eigenvalue weighted by Gasteiger charge is -2.18. The van der Waals surface area contributed by atoms with Crippen LogP contribution < -0.4 is 5.32 Å². The molecule has 1 aromatic heterocycles. The van der Waals surface area contributed by atoms with Crippen LogP contribution in [0.3, 0.4) is 0 Å². The minimum atomic E-state index is 0.0965. The van der Waals surface area contributed by atoms with Gasteiger partial charge in [-0.05, 0) is 43.6 Å². The number of aliphatic hydroxyl groups is 1. The Balaban J connectivity index is 1.79. The van der Waals surface area contributed by atoms with Crippen molar-refractivity contribution in [3.63, 3.8) is 0 Å². The summed E-state index contributed by atoms with van der Waals surface area (Å²) < 4.78 is 0. The number of hydrogen-bond acceptors (Lipinski definition) is 3. The average molecular weight is 295 g/mol. The number of aliphatic hydroxyl groups excluding tert-OH is 1. The van der Waals surface area contributed by atoms with Crippen LogP contribution in [0.2, 0.25) is 0 Å². The second-order valence-electron chi connectivity index (χ2n) is 5.79. The summed E-state index contributed by atoms with van der Waals surface area (Å²) in [6.07, 6.45) is 7.36. The van der Waals surface area contributed by atoms with E-state index in [-0.39, 0.29) is 12.5 Å².